The molecule has 2 aliphatic rings. The predicted octanol–water partition coefficient (Wildman–Crippen LogP) is 5.13. The number of carbonyl (C=O) groups excluding carboxylic acids is 5. The number of rotatable bonds is 11. The van der Waals surface area contributed by atoms with Gasteiger partial charge in [0.1, 0.15) is 0 Å². The zero-order valence-corrected chi connectivity index (χ0v) is 29.3. The fourth-order valence-corrected chi connectivity index (χ4v) is 4.77. The second-order valence-corrected chi connectivity index (χ2v) is 11.3. The highest BCUT2D eigenvalue weighted by atomic mass is 16.5. The van der Waals surface area contributed by atoms with Crippen molar-refractivity contribution >= 4 is 35.7 Å². The number of nitrogens with one attached hydrogen (secondary N) is 2. The van der Waals surface area contributed by atoms with Gasteiger partial charge >= 0.3 is 0 Å². The lowest BCUT2D eigenvalue weighted by Gasteiger charge is -2.28. The van der Waals surface area contributed by atoms with E-state index in [4.69, 9.17) is 4.74 Å². The normalized spacial score (nSPS) is 13.2. The lowest BCUT2D eigenvalue weighted by atomic mass is 9.95. The summed E-state index contributed by atoms with van der Waals surface area (Å²) in [4.78, 5) is 60.1. The van der Waals surface area contributed by atoms with Gasteiger partial charge in [-0.25, -0.2) is 0 Å². The van der Waals surface area contributed by atoms with Crippen molar-refractivity contribution in [1.29, 1.82) is 0 Å². The first-order valence-corrected chi connectivity index (χ1v) is 16.6. The van der Waals surface area contributed by atoms with Crippen LogP contribution in [0.5, 0.6) is 0 Å². The Morgan fingerprint density at radius 1 is 0.872 bits per heavy atom. The number of hydrogen-bond donors (Lipinski definition) is 2. The molecule has 2 N–H and O–H groups in total. The summed E-state index contributed by atoms with van der Waals surface area (Å²) in [5.41, 5.74) is 4.24. The molecule has 0 aliphatic carbocycles. The van der Waals surface area contributed by atoms with Gasteiger partial charge in [0.2, 0.25) is 18.2 Å². The molecule has 0 aromatic heterocycles. The number of ether oxygens (including phenoxy) is 1. The van der Waals surface area contributed by atoms with E-state index in [1.807, 2.05) is 69.9 Å². The smallest absolute Gasteiger partial charge is 0.253 e. The van der Waals surface area contributed by atoms with Crippen molar-refractivity contribution < 1.29 is 28.7 Å². The maximum atomic E-state index is 12.7. The predicted molar refractivity (Wildman–Crippen MR) is 187 cm³/mol. The van der Waals surface area contributed by atoms with Gasteiger partial charge in [-0.1, -0.05) is 76.6 Å². The molecule has 5 amide bonds. The number of nitrogens with zero attached hydrogens (tertiary/aromatic N) is 2. The Hall–Kier alpha value is -4.31. The topological polar surface area (TPSA) is 125 Å². The summed E-state index contributed by atoms with van der Waals surface area (Å²) in [5, 5.41) is 5.29. The van der Waals surface area contributed by atoms with Crippen molar-refractivity contribution in [2.75, 3.05) is 31.1 Å². The van der Waals surface area contributed by atoms with E-state index in [1.165, 1.54) is 35.3 Å². The number of imide groups is 1. The average Bonchev–Trinajstić information content (AvgIpc) is 3.38. The molecule has 2 aromatic rings. The molecule has 47 heavy (non-hydrogen) atoms. The third-order valence-corrected chi connectivity index (χ3v) is 6.97. The Morgan fingerprint density at radius 3 is 2.02 bits per heavy atom. The lowest BCUT2D eigenvalue weighted by Crippen LogP contribution is -2.42. The van der Waals surface area contributed by atoms with E-state index < -0.39 is 5.60 Å². The molecule has 0 bridgehead atoms. The van der Waals surface area contributed by atoms with Gasteiger partial charge in [-0.05, 0) is 56.4 Å². The SMILES string of the molecule is CC.CCC.CCOC(C)(C)CNC(=O)CCN1C(=O)C=CC1=O.O=CNCCC(=O)N1Cc2ccccc2CCc2ccccc21. The summed E-state index contributed by atoms with van der Waals surface area (Å²) in [6, 6.07) is 16.4. The molecule has 0 unspecified atom stereocenters. The molecule has 258 valence electrons. The van der Waals surface area contributed by atoms with Crippen molar-refractivity contribution in [2.45, 2.75) is 92.7 Å². The first-order chi connectivity index (χ1) is 22.6. The number of para-hydroxylation sites is 1. The minimum atomic E-state index is -0.425. The van der Waals surface area contributed by atoms with Crippen LogP contribution in [0.4, 0.5) is 5.69 Å². The van der Waals surface area contributed by atoms with Gasteiger partial charge in [0, 0.05) is 56.9 Å². The molecule has 0 saturated carbocycles. The van der Waals surface area contributed by atoms with E-state index >= 15 is 0 Å². The first kappa shape index (κ1) is 40.7. The average molecular weight is 651 g/mol. The molecular weight excluding hydrogens is 596 g/mol. The minimum absolute atomic E-state index is 0.0310. The van der Waals surface area contributed by atoms with E-state index in [9.17, 15) is 24.0 Å². The molecule has 0 saturated heterocycles. The Labute approximate surface area is 280 Å². The summed E-state index contributed by atoms with van der Waals surface area (Å²) in [6.07, 6.45) is 6.60. The number of anilines is 1. The van der Waals surface area contributed by atoms with Gasteiger partial charge in [0.05, 0.1) is 12.1 Å². The molecule has 0 fully saturated rings. The van der Waals surface area contributed by atoms with E-state index in [-0.39, 0.29) is 36.6 Å². The van der Waals surface area contributed by atoms with E-state index in [0.717, 1.165) is 23.4 Å². The van der Waals surface area contributed by atoms with Crippen molar-refractivity contribution in [2.24, 2.45) is 0 Å². The highest BCUT2D eigenvalue weighted by Gasteiger charge is 2.25. The molecule has 2 aromatic carbocycles. The van der Waals surface area contributed by atoms with Crippen LogP contribution in [0.15, 0.2) is 60.7 Å². The summed E-state index contributed by atoms with van der Waals surface area (Å²) < 4.78 is 5.45. The zero-order chi connectivity index (χ0) is 35.2. The first-order valence-electron chi connectivity index (χ1n) is 16.6. The zero-order valence-electron chi connectivity index (χ0n) is 29.3. The Morgan fingerprint density at radius 2 is 1.43 bits per heavy atom. The quantitative estimate of drug-likeness (QED) is 0.197. The van der Waals surface area contributed by atoms with Crippen molar-refractivity contribution in [3.05, 3.63) is 77.4 Å². The van der Waals surface area contributed by atoms with Crippen LogP contribution >= 0.6 is 0 Å². The molecule has 2 heterocycles. The summed E-state index contributed by atoms with van der Waals surface area (Å²) in [6.45, 7) is 15.9. The fourth-order valence-electron chi connectivity index (χ4n) is 4.77. The Bertz CT molecular complexity index is 1310. The number of aryl methyl sites for hydroxylation is 2. The highest BCUT2D eigenvalue weighted by Crippen LogP contribution is 2.28. The number of carbonyl (C=O) groups is 5. The molecular formula is C37H54N4O6. The maximum Gasteiger partial charge on any atom is 0.253 e. The third-order valence-electron chi connectivity index (χ3n) is 6.97. The van der Waals surface area contributed by atoms with Crippen LogP contribution in [0, 0.1) is 0 Å². The molecule has 4 rings (SSSR count). The molecule has 0 radical (unpaired) electrons. The molecule has 0 spiro atoms. The largest absolute Gasteiger partial charge is 0.374 e. The number of benzene rings is 2. The third kappa shape index (κ3) is 14.3. The maximum absolute atomic E-state index is 12.7. The molecule has 2 aliphatic heterocycles. The van der Waals surface area contributed by atoms with Crippen molar-refractivity contribution in [1.82, 2.24) is 15.5 Å². The molecule has 10 nitrogen and oxygen atoms in total. The van der Waals surface area contributed by atoms with Gasteiger partial charge in [-0.2, -0.15) is 0 Å². The van der Waals surface area contributed by atoms with Crippen LogP contribution in [0.3, 0.4) is 0 Å². The summed E-state index contributed by atoms with van der Waals surface area (Å²) in [7, 11) is 0. The van der Waals surface area contributed by atoms with Crippen LogP contribution in [-0.2, 0) is 48.1 Å². The number of hydrogen-bond acceptors (Lipinski definition) is 6. The van der Waals surface area contributed by atoms with Gasteiger partial charge in [0.25, 0.3) is 11.8 Å². The minimum Gasteiger partial charge on any atom is -0.374 e. The standard InChI is InChI=1S/C19H20N2O2.C13H20N2O4.C3H8.C2H6/c22-14-20-12-11-19(23)21-13-17-7-2-1-5-15(17)9-10-16-6-3-4-8-18(16)21;1-4-19-13(2,3)9-14-10(16)7-8-15-11(17)5-6-12(15)18;1-3-2;1-2/h1-8,14H,9-13H2,(H,20,22);5-6H,4,7-9H2,1-3H3,(H,14,16);3H2,1-2H3;1-2H3. The summed E-state index contributed by atoms with van der Waals surface area (Å²) in [5.74, 6) is -0.913. The van der Waals surface area contributed by atoms with Crippen LogP contribution < -0.4 is 15.5 Å². The Kier molecular flexibility index (Phi) is 19.3. The molecule has 0 atom stereocenters. The van der Waals surface area contributed by atoms with E-state index in [0.29, 0.717) is 39.1 Å². The van der Waals surface area contributed by atoms with E-state index in [1.54, 1.807) is 0 Å². The van der Waals surface area contributed by atoms with Crippen LogP contribution in [0.25, 0.3) is 0 Å². The highest BCUT2D eigenvalue weighted by molar-refractivity contribution is 6.13. The van der Waals surface area contributed by atoms with Crippen LogP contribution in [-0.4, -0.2) is 66.8 Å². The second-order valence-electron chi connectivity index (χ2n) is 11.3. The number of amides is 5. The van der Waals surface area contributed by atoms with Gasteiger partial charge < -0.3 is 20.3 Å². The summed E-state index contributed by atoms with van der Waals surface area (Å²) >= 11 is 0. The monoisotopic (exact) mass is 650 g/mol. The van der Waals surface area contributed by atoms with Gasteiger partial charge in [-0.15, -0.1) is 0 Å². The van der Waals surface area contributed by atoms with Gasteiger partial charge in [-0.3, -0.25) is 28.9 Å². The lowest BCUT2D eigenvalue weighted by molar-refractivity contribution is -0.137. The van der Waals surface area contributed by atoms with Crippen LogP contribution in [0.2, 0.25) is 0 Å². The van der Waals surface area contributed by atoms with Crippen LogP contribution in [0.1, 0.15) is 84.4 Å². The van der Waals surface area contributed by atoms with E-state index in [2.05, 4.69) is 42.7 Å². The second kappa shape index (κ2) is 22.3. The number of fused-ring (bicyclic) bond motifs is 2. The van der Waals surface area contributed by atoms with Crippen molar-refractivity contribution in [3.8, 4) is 0 Å². The van der Waals surface area contributed by atoms with Crippen molar-refractivity contribution in [3.63, 3.8) is 0 Å². The molecule has 10 heteroatoms. The fraction of sp³-hybridized carbons (Fsp3) is 0.486. The Balaban J connectivity index is 0.000000420. The van der Waals surface area contributed by atoms with Gasteiger partial charge in [0.15, 0.2) is 0 Å².